The predicted octanol–water partition coefficient (Wildman–Crippen LogP) is 4.68. The van der Waals surface area contributed by atoms with Gasteiger partial charge in [0.05, 0.1) is 11.6 Å². The highest BCUT2D eigenvalue weighted by Crippen LogP contribution is 2.29. The lowest BCUT2D eigenvalue weighted by Gasteiger charge is -2.07. The van der Waals surface area contributed by atoms with Crippen LogP contribution in [-0.4, -0.2) is 21.9 Å². The number of hydrogen-bond acceptors (Lipinski definition) is 4. The highest BCUT2D eigenvalue weighted by atomic mass is 79.9. The van der Waals surface area contributed by atoms with E-state index in [-0.39, 0.29) is 5.82 Å². The molecule has 124 valence electrons. The Labute approximate surface area is 152 Å². The molecule has 0 aliphatic rings. The van der Waals surface area contributed by atoms with Gasteiger partial charge in [-0.3, -0.25) is 0 Å². The van der Waals surface area contributed by atoms with Crippen LogP contribution < -0.4 is 4.74 Å². The second-order valence-corrected chi connectivity index (χ2v) is 6.93. The van der Waals surface area contributed by atoms with Gasteiger partial charge in [-0.1, -0.05) is 17.8 Å². The number of thioether (sulfide) groups is 1. The molecule has 1 heterocycles. The molecule has 0 bridgehead atoms. The van der Waals surface area contributed by atoms with Crippen molar-refractivity contribution in [2.24, 2.45) is 7.05 Å². The van der Waals surface area contributed by atoms with E-state index in [9.17, 15) is 4.39 Å². The Kier molecular flexibility index (Phi) is 5.20. The van der Waals surface area contributed by atoms with Crippen molar-refractivity contribution < 1.29 is 9.13 Å². The van der Waals surface area contributed by atoms with Gasteiger partial charge in [0.25, 0.3) is 0 Å². The zero-order valence-corrected chi connectivity index (χ0v) is 15.6. The molecule has 0 aliphatic heterocycles. The second-order valence-electron chi connectivity index (χ2n) is 5.13. The number of methoxy groups -OCH3 is 1. The summed E-state index contributed by atoms with van der Waals surface area (Å²) in [6.07, 6.45) is 0. The lowest BCUT2D eigenvalue weighted by Crippen LogP contribution is -1.95. The van der Waals surface area contributed by atoms with E-state index in [0.717, 1.165) is 32.3 Å². The van der Waals surface area contributed by atoms with Crippen molar-refractivity contribution in [2.75, 3.05) is 7.11 Å². The summed E-state index contributed by atoms with van der Waals surface area (Å²) in [6.45, 7) is 0. The Balaban J connectivity index is 1.75. The van der Waals surface area contributed by atoms with Crippen molar-refractivity contribution in [3.05, 3.63) is 58.3 Å². The number of nitrogens with zero attached hydrogens (tertiary/aromatic N) is 3. The molecule has 0 amide bonds. The van der Waals surface area contributed by atoms with E-state index in [1.165, 1.54) is 12.1 Å². The van der Waals surface area contributed by atoms with E-state index >= 15 is 0 Å². The van der Waals surface area contributed by atoms with E-state index in [4.69, 9.17) is 4.74 Å². The molecule has 0 radical (unpaired) electrons. The first kappa shape index (κ1) is 17.0. The van der Waals surface area contributed by atoms with Crippen LogP contribution in [0.5, 0.6) is 5.75 Å². The predicted molar refractivity (Wildman–Crippen MR) is 96.7 cm³/mol. The van der Waals surface area contributed by atoms with Gasteiger partial charge >= 0.3 is 0 Å². The number of halogens is 2. The minimum Gasteiger partial charge on any atom is -0.496 e. The lowest BCUT2D eigenvalue weighted by molar-refractivity contribution is 0.412. The average molecular weight is 408 g/mol. The van der Waals surface area contributed by atoms with Gasteiger partial charge in [0.2, 0.25) is 0 Å². The molecular weight excluding hydrogens is 393 g/mol. The third-order valence-electron chi connectivity index (χ3n) is 3.52. The maximum Gasteiger partial charge on any atom is 0.191 e. The second kappa shape index (κ2) is 7.36. The quantitative estimate of drug-likeness (QED) is 0.575. The summed E-state index contributed by atoms with van der Waals surface area (Å²) < 4.78 is 21.1. The molecule has 2 aromatic carbocycles. The van der Waals surface area contributed by atoms with Crippen molar-refractivity contribution in [1.29, 1.82) is 0 Å². The molecule has 1 aromatic heterocycles. The van der Waals surface area contributed by atoms with Crippen LogP contribution in [0.4, 0.5) is 4.39 Å². The fourth-order valence-electron chi connectivity index (χ4n) is 2.24. The molecule has 0 atom stereocenters. The third kappa shape index (κ3) is 3.62. The van der Waals surface area contributed by atoms with Crippen LogP contribution in [0.1, 0.15) is 5.56 Å². The molecule has 3 aromatic rings. The Bertz CT molecular complexity index is 852. The van der Waals surface area contributed by atoms with Crippen LogP contribution in [0.3, 0.4) is 0 Å². The molecule has 7 heteroatoms. The van der Waals surface area contributed by atoms with Gasteiger partial charge < -0.3 is 9.30 Å². The summed E-state index contributed by atoms with van der Waals surface area (Å²) in [4.78, 5) is 0. The zero-order valence-electron chi connectivity index (χ0n) is 13.2. The topological polar surface area (TPSA) is 39.9 Å². The Morgan fingerprint density at radius 3 is 2.58 bits per heavy atom. The van der Waals surface area contributed by atoms with E-state index in [1.54, 1.807) is 31.0 Å². The normalized spacial score (nSPS) is 10.8. The monoisotopic (exact) mass is 407 g/mol. The van der Waals surface area contributed by atoms with Crippen molar-refractivity contribution >= 4 is 27.7 Å². The van der Waals surface area contributed by atoms with Crippen LogP contribution in [0, 0.1) is 5.82 Å². The zero-order chi connectivity index (χ0) is 17.1. The number of ether oxygens (including phenoxy) is 1. The number of benzene rings is 2. The van der Waals surface area contributed by atoms with Crippen molar-refractivity contribution in [3.8, 4) is 17.1 Å². The standard InChI is InChI=1S/C17H15BrFN3OS/c1-22-16(12-4-6-13(19)7-5-12)20-21-17(22)24-10-11-3-8-15(23-2)14(18)9-11/h3-9H,10H2,1-2H3. The summed E-state index contributed by atoms with van der Waals surface area (Å²) in [5.41, 5.74) is 1.99. The van der Waals surface area contributed by atoms with E-state index < -0.39 is 0 Å². The Morgan fingerprint density at radius 2 is 1.92 bits per heavy atom. The Hall–Kier alpha value is -1.86. The van der Waals surface area contributed by atoms with E-state index in [1.807, 2.05) is 29.8 Å². The van der Waals surface area contributed by atoms with Crippen molar-refractivity contribution in [2.45, 2.75) is 10.9 Å². The third-order valence-corrected chi connectivity index (χ3v) is 5.23. The van der Waals surface area contributed by atoms with Gasteiger partial charge in [0.15, 0.2) is 11.0 Å². The van der Waals surface area contributed by atoms with Gasteiger partial charge in [0.1, 0.15) is 11.6 Å². The molecule has 0 spiro atoms. The first-order valence-corrected chi connectivity index (χ1v) is 8.97. The number of rotatable bonds is 5. The van der Waals surface area contributed by atoms with Crippen LogP contribution in [0.2, 0.25) is 0 Å². The van der Waals surface area contributed by atoms with Crippen molar-refractivity contribution in [1.82, 2.24) is 14.8 Å². The number of hydrogen-bond donors (Lipinski definition) is 0. The molecule has 0 saturated carbocycles. The van der Waals surface area contributed by atoms with Gasteiger partial charge in [0, 0.05) is 18.4 Å². The van der Waals surface area contributed by atoms with Gasteiger partial charge in [-0.25, -0.2) is 4.39 Å². The molecular formula is C17H15BrFN3OS. The molecule has 24 heavy (non-hydrogen) atoms. The van der Waals surface area contributed by atoms with Crippen LogP contribution in [-0.2, 0) is 12.8 Å². The fraction of sp³-hybridized carbons (Fsp3) is 0.176. The summed E-state index contributed by atoms with van der Waals surface area (Å²) in [5, 5.41) is 9.25. The molecule has 3 rings (SSSR count). The van der Waals surface area contributed by atoms with Crippen molar-refractivity contribution in [3.63, 3.8) is 0 Å². The lowest BCUT2D eigenvalue weighted by atomic mass is 10.2. The molecule has 0 fully saturated rings. The summed E-state index contributed by atoms with van der Waals surface area (Å²) >= 11 is 5.09. The minimum atomic E-state index is -0.263. The highest BCUT2D eigenvalue weighted by molar-refractivity contribution is 9.10. The molecule has 0 aliphatic carbocycles. The highest BCUT2D eigenvalue weighted by Gasteiger charge is 2.12. The summed E-state index contributed by atoms with van der Waals surface area (Å²) in [7, 11) is 3.55. The summed E-state index contributed by atoms with van der Waals surface area (Å²) in [5.74, 6) is 2.02. The molecule has 0 N–H and O–H groups in total. The first-order chi connectivity index (χ1) is 11.6. The first-order valence-electron chi connectivity index (χ1n) is 7.19. The molecule has 0 saturated heterocycles. The average Bonchev–Trinajstić information content (AvgIpc) is 2.95. The van der Waals surface area contributed by atoms with E-state index in [0.29, 0.717) is 5.82 Å². The number of aromatic nitrogens is 3. The SMILES string of the molecule is COc1ccc(CSc2nnc(-c3ccc(F)cc3)n2C)cc1Br. The maximum atomic E-state index is 13.0. The van der Waals surface area contributed by atoms with Crippen LogP contribution in [0.15, 0.2) is 52.1 Å². The van der Waals surface area contributed by atoms with Gasteiger partial charge in [-0.2, -0.15) is 0 Å². The largest absolute Gasteiger partial charge is 0.496 e. The van der Waals surface area contributed by atoms with E-state index in [2.05, 4.69) is 26.1 Å². The van der Waals surface area contributed by atoms with Gasteiger partial charge in [-0.05, 0) is 57.9 Å². The minimum absolute atomic E-state index is 0.263. The van der Waals surface area contributed by atoms with Gasteiger partial charge in [-0.15, -0.1) is 10.2 Å². The van der Waals surface area contributed by atoms with Crippen LogP contribution in [0.25, 0.3) is 11.4 Å². The molecule has 0 unspecified atom stereocenters. The molecule has 4 nitrogen and oxygen atoms in total. The maximum absolute atomic E-state index is 13.0. The smallest absolute Gasteiger partial charge is 0.191 e. The fourth-order valence-corrected chi connectivity index (χ4v) is 3.68. The Morgan fingerprint density at radius 1 is 1.17 bits per heavy atom. The van der Waals surface area contributed by atoms with Crippen LogP contribution >= 0.6 is 27.7 Å². The summed E-state index contributed by atoms with van der Waals surface area (Å²) in [6, 6.07) is 12.2.